The quantitative estimate of drug-likeness (QED) is 0.771. The Kier molecular flexibility index (Phi) is 5.89. The van der Waals surface area contributed by atoms with E-state index in [-0.39, 0.29) is 29.4 Å². The van der Waals surface area contributed by atoms with Crippen LogP contribution in [0, 0.1) is 17.6 Å². The molecule has 0 radical (unpaired) electrons. The van der Waals surface area contributed by atoms with E-state index < -0.39 is 41.9 Å². The van der Waals surface area contributed by atoms with E-state index in [9.17, 15) is 23.2 Å². The number of para-hydroxylation sites is 1. The van der Waals surface area contributed by atoms with E-state index in [1.807, 2.05) is 0 Å². The monoisotopic (exact) mass is 408 g/mol. The Morgan fingerprint density at radius 3 is 2.68 bits per heavy atom. The molecule has 0 aromatic heterocycles. The van der Waals surface area contributed by atoms with E-state index in [1.54, 1.807) is 6.07 Å². The summed E-state index contributed by atoms with van der Waals surface area (Å²) < 4.78 is 32.4. The van der Waals surface area contributed by atoms with Crippen LogP contribution in [0.4, 0.5) is 20.2 Å². The van der Waals surface area contributed by atoms with Gasteiger partial charge in [0.05, 0.1) is 17.3 Å². The summed E-state index contributed by atoms with van der Waals surface area (Å²) in [7, 11) is 0. The standard InChI is InChI=1S/C19H15ClF2N2O4/c20-12-5-6-13(21)15(8-12)23-17(25)10-28-19(27)11-7-18(26)24(9-11)16-4-2-1-3-14(16)22/h1-6,8,11H,7,9-10H2,(H,23,25)/t11-/m1/s1. The number of hydrogen-bond donors (Lipinski definition) is 1. The molecule has 1 saturated heterocycles. The summed E-state index contributed by atoms with van der Waals surface area (Å²) in [5, 5.41) is 2.47. The first-order valence-electron chi connectivity index (χ1n) is 8.31. The van der Waals surface area contributed by atoms with Crippen LogP contribution in [0.25, 0.3) is 0 Å². The summed E-state index contributed by atoms with van der Waals surface area (Å²) in [5.74, 6) is -4.04. The highest BCUT2D eigenvalue weighted by Crippen LogP contribution is 2.28. The number of carbonyl (C=O) groups excluding carboxylic acids is 3. The highest BCUT2D eigenvalue weighted by Gasteiger charge is 2.37. The molecule has 2 amide bonds. The normalized spacial score (nSPS) is 16.2. The molecule has 6 nitrogen and oxygen atoms in total. The van der Waals surface area contributed by atoms with Gasteiger partial charge in [0.1, 0.15) is 11.6 Å². The Morgan fingerprint density at radius 2 is 1.93 bits per heavy atom. The van der Waals surface area contributed by atoms with Gasteiger partial charge in [0.2, 0.25) is 5.91 Å². The molecule has 2 aromatic carbocycles. The Hall–Kier alpha value is -3.00. The van der Waals surface area contributed by atoms with Gasteiger partial charge in [0.15, 0.2) is 6.61 Å². The highest BCUT2D eigenvalue weighted by molar-refractivity contribution is 6.30. The number of rotatable bonds is 5. The molecule has 1 aliphatic heterocycles. The molecule has 0 spiro atoms. The molecule has 1 aliphatic rings. The van der Waals surface area contributed by atoms with E-state index in [1.165, 1.54) is 35.2 Å². The van der Waals surface area contributed by atoms with Crippen LogP contribution in [0.3, 0.4) is 0 Å². The van der Waals surface area contributed by atoms with E-state index >= 15 is 0 Å². The molecule has 0 bridgehead atoms. The van der Waals surface area contributed by atoms with Gasteiger partial charge in [-0.3, -0.25) is 14.4 Å². The molecule has 28 heavy (non-hydrogen) atoms. The number of nitrogens with one attached hydrogen (secondary N) is 1. The first kappa shape index (κ1) is 19.8. The van der Waals surface area contributed by atoms with Gasteiger partial charge < -0.3 is 15.0 Å². The summed E-state index contributed by atoms with van der Waals surface area (Å²) in [6, 6.07) is 9.36. The summed E-state index contributed by atoms with van der Waals surface area (Å²) in [5.41, 5.74) is -0.0627. The van der Waals surface area contributed by atoms with Gasteiger partial charge in [-0.25, -0.2) is 8.78 Å². The van der Waals surface area contributed by atoms with Crippen molar-refractivity contribution in [3.05, 3.63) is 59.1 Å². The average Bonchev–Trinajstić information content (AvgIpc) is 3.05. The SMILES string of the molecule is O=C(COC(=O)[C@@H]1CC(=O)N(c2ccccc2F)C1)Nc1cc(Cl)ccc1F. The first-order chi connectivity index (χ1) is 13.3. The number of carbonyl (C=O) groups is 3. The third-order valence-corrected chi connectivity index (χ3v) is 4.38. The summed E-state index contributed by atoms with van der Waals surface area (Å²) >= 11 is 5.74. The molecule has 1 heterocycles. The topological polar surface area (TPSA) is 75.7 Å². The van der Waals surface area contributed by atoms with E-state index in [0.29, 0.717) is 0 Å². The zero-order valence-corrected chi connectivity index (χ0v) is 15.2. The van der Waals surface area contributed by atoms with Gasteiger partial charge >= 0.3 is 5.97 Å². The maximum Gasteiger partial charge on any atom is 0.311 e. The van der Waals surface area contributed by atoms with Crippen molar-refractivity contribution >= 4 is 40.8 Å². The van der Waals surface area contributed by atoms with Gasteiger partial charge in [-0.1, -0.05) is 23.7 Å². The average molecular weight is 409 g/mol. The molecule has 0 unspecified atom stereocenters. The van der Waals surface area contributed by atoms with E-state index in [4.69, 9.17) is 16.3 Å². The zero-order chi connectivity index (χ0) is 20.3. The number of esters is 1. The van der Waals surface area contributed by atoms with Crippen molar-refractivity contribution in [1.29, 1.82) is 0 Å². The Labute approximate surface area is 164 Å². The number of anilines is 2. The van der Waals surface area contributed by atoms with Crippen LogP contribution < -0.4 is 10.2 Å². The maximum atomic E-state index is 13.9. The fraction of sp³-hybridized carbons (Fsp3) is 0.211. The minimum Gasteiger partial charge on any atom is -0.455 e. The number of amides is 2. The van der Waals surface area contributed by atoms with Gasteiger partial charge in [0, 0.05) is 18.0 Å². The van der Waals surface area contributed by atoms with Crippen molar-refractivity contribution in [3.8, 4) is 0 Å². The lowest BCUT2D eigenvalue weighted by atomic mass is 10.1. The molecule has 1 fully saturated rings. The lowest BCUT2D eigenvalue weighted by molar-refractivity contribution is -0.151. The number of benzene rings is 2. The van der Waals surface area contributed by atoms with Crippen molar-refractivity contribution in [3.63, 3.8) is 0 Å². The molecule has 1 atom stereocenters. The van der Waals surface area contributed by atoms with E-state index in [2.05, 4.69) is 5.32 Å². The second-order valence-electron chi connectivity index (χ2n) is 6.14. The highest BCUT2D eigenvalue weighted by atomic mass is 35.5. The first-order valence-corrected chi connectivity index (χ1v) is 8.69. The van der Waals surface area contributed by atoms with Crippen LogP contribution in [0.2, 0.25) is 5.02 Å². The Balaban J connectivity index is 1.55. The summed E-state index contributed by atoms with van der Waals surface area (Å²) in [4.78, 5) is 37.3. The molecule has 2 aromatic rings. The lowest BCUT2D eigenvalue weighted by Gasteiger charge is -2.17. The van der Waals surface area contributed by atoms with Crippen LogP contribution in [-0.2, 0) is 19.1 Å². The fourth-order valence-electron chi connectivity index (χ4n) is 2.80. The smallest absolute Gasteiger partial charge is 0.311 e. The molecule has 3 rings (SSSR count). The number of ether oxygens (including phenoxy) is 1. The second kappa shape index (κ2) is 8.35. The van der Waals surface area contributed by atoms with Crippen LogP contribution in [0.15, 0.2) is 42.5 Å². The van der Waals surface area contributed by atoms with Gasteiger partial charge in [-0.15, -0.1) is 0 Å². The van der Waals surface area contributed by atoms with Gasteiger partial charge in [-0.2, -0.15) is 0 Å². The summed E-state index contributed by atoms with van der Waals surface area (Å²) in [6.45, 7) is -0.710. The maximum absolute atomic E-state index is 13.9. The largest absolute Gasteiger partial charge is 0.455 e. The molecular weight excluding hydrogens is 394 g/mol. The minimum absolute atomic E-state index is 0.0524. The third kappa shape index (κ3) is 4.45. The van der Waals surface area contributed by atoms with Crippen LogP contribution in [0.1, 0.15) is 6.42 Å². The van der Waals surface area contributed by atoms with E-state index in [0.717, 1.165) is 6.07 Å². The predicted molar refractivity (Wildman–Crippen MR) is 97.9 cm³/mol. The number of nitrogens with zero attached hydrogens (tertiary/aromatic N) is 1. The molecule has 0 aliphatic carbocycles. The molecule has 0 saturated carbocycles. The fourth-order valence-corrected chi connectivity index (χ4v) is 2.98. The Morgan fingerprint density at radius 1 is 1.18 bits per heavy atom. The zero-order valence-electron chi connectivity index (χ0n) is 14.5. The third-order valence-electron chi connectivity index (χ3n) is 4.15. The van der Waals surface area contributed by atoms with Gasteiger partial charge in [0.25, 0.3) is 5.91 Å². The van der Waals surface area contributed by atoms with Gasteiger partial charge in [-0.05, 0) is 30.3 Å². The second-order valence-corrected chi connectivity index (χ2v) is 6.57. The predicted octanol–water partition coefficient (Wildman–Crippen LogP) is 3.15. The van der Waals surface area contributed by atoms with Crippen molar-refractivity contribution in [1.82, 2.24) is 0 Å². The molecule has 9 heteroatoms. The number of halogens is 3. The molecule has 146 valence electrons. The molecular formula is C19H15ClF2N2O4. The van der Waals surface area contributed by atoms with Crippen LogP contribution in [0.5, 0.6) is 0 Å². The minimum atomic E-state index is -0.831. The van der Waals surface area contributed by atoms with Crippen molar-refractivity contribution < 1.29 is 27.9 Å². The summed E-state index contributed by atoms with van der Waals surface area (Å²) in [6.07, 6.45) is -0.155. The van der Waals surface area contributed by atoms with Crippen LogP contribution in [-0.4, -0.2) is 30.9 Å². The lowest BCUT2D eigenvalue weighted by Crippen LogP contribution is -2.28. The van der Waals surface area contributed by atoms with Crippen molar-refractivity contribution in [2.45, 2.75) is 6.42 Å². The molecule has 1 N–H and O–H groups in total. The Bertz CT molecular complexity index is 938. The van der Waals surface area contributed by atoms with Crippen molar-refractivity contribution in [2.75, 3.05) is 23.4 Å². The number of hydrogen-bond acceptors (Lipinski definition) is 4. The van der Waals surface area contributed by atoms with Crippen molar-refractivity contribution in [2.24, 2.45) is 5.92 Å². The van der Waals surface area contributed by atoms with Crippen LogP contribution >= 0.6 is 11.6 Å².